The first kappa shape index (κ1) is 13.0. The van der Waals surface area contributed by atoms with Crippen molar-refractivity contribution in [2.45, 2.75) is 66.4 Å². The molecular weight excluding hydrogens is 160 g/mol. The lowest BCUT2D eigenvalue weighted by Gasteiger charge is -2.36. The van der Waals surface area contributed by atoms with E-state index in [0.717, 1.165) is 25.7 Å². The molecule has 80 valence electrons. The number of hydrogen-bond donors (Lipinski definition) is 1. The van der Waals surface area contributed by atoms with Crippen molar-refractivity contribution in [2.75, 3.05) is 0 Å². The molecule has 1 heteroatoms. The molecule has 0 saturated carbocycles. The van der Waals surface area contributed by atoms with Gasteiger partial charge in [-0.25, -0.2) is 0 Å². The summed E-state index contributed by atoms with van der Waals surface area (Å²) in [6.07, 6.45) is 4.10. The first-order valence-electron chi connectivity index (χ1n) is 5.70. The first-order valence-corrected chi connectivity index (χ1v) is 5.70. The Balaban J connectivity index is 4.34. The van der Waals surface area contributed by atoms with E-state index in [0.29, 0.717) is 5.92 Å². The largest absolute Gasteiger partial charge is 0.393 e. The van der Waals surface area contributed by atoms with Crippen molar-refractivity contribution in [3.63, 3.8) is 0 Å². The summed E-state index contributed by atoms with van der Waals surface area (Å²) < 4.78 is 0. The molecule has 0 heterocycles. The summed E-state index contributed by atoms with van der Waals surface area (Å²) in [4.78, 5) is 0. The lowest BCUT2D eigenvalue weighted by atomic mass is 9.72. The van der Waals surface area contributed by atoms with Gasteiger partial charge in [0.15, 0.2) is 0 Å². The van der Waals surface area contributed by atoms with Crippen molar-refractivity contribution in [2.24, 2.45) is 11.3 Å². The second-order valence-corrected chi connectivity index (χ2v) is 4.57. The van der Waals surface area contributed by atoms with Gasteiger partial charge in [0, 0.05) is 0 Å². The second-order valence-electron chi connectivity index (χ2n) is 4.57. The van der Waals surface area contributed by atoms with Crippen molar-refractivity contribution >= 4 is 0 Å². The van der Waals surface area contributed by atoms with Gasteiger partial charge < -0.3 is 5.11 Å². The minimum Gasteiger partial charge on any atom is -0.393 e. The molecule has 0 saturated heterocycles. The quantitative estimate of drug-likeness (QED) is 0.672. The molecule has 0 rings (SSSR count). The van der Waals surface area contributed by atoms with Gasteiger partial charge in [-0.05, 0) is 37.0 Å². The van der Waals surface area contributed by atoms with Crippen LogP contribution in [0.3, 0.4) is 0 Å². The Bertz CT molecular complexity index is 117. The van der Waals surface area contributed by atoms with Crippen LogP contribution >= 0.6 is 0 Å². The zero-order valence-corrected chi connectivity index (χ0v) is 9.93. The highest BCUT2D eigenvalue weighted by molar-refractivity contribution is 4.83. The zero-order valence-electron chi connectivity index (χ0n) is 9.93. The Hall–Kier alpha value is -0.0400. The molecule has 0 aliphatic heterocycles. The Morgan fingerprint density at radius 2 is 1.38 bits per heavy atom. The lowest BCUT2D eigenvalue weighted by Crippen LogP contribution is -2.34. The average Bonchev–Trinajstić information content (AvgIpc) is 2.07. The lowest BCUT2D eigenvalue weighted by molar-refractivity contribution is 0.0000803. The summed E-state index contributed by atoms with van der Waals surface area (Å²) in [5.74, 6) is 0.596. The van der Waals surface area contributed by atoms with Gasteiger partial charge in [0.25, 0.3) is 0 Å². The van der Waals surface area contributed by atoms with E-state index < -0.39 is 0 Å². The molecule has 1 unspecified atom stereocenters. The fourth-order valence-electron chi connectivity index (χ4n) is 2.15. The minimum absolute atomic E-state index is 0.118. The minimum atomic E-state index is -0.118. The van der Waals surface area contributed by atoms with Crippen LogP contribution in [-0.2, 0) is 0 Å². The first-order chi connectivity index (χ1) is 6.02. The molecule has 1 nitrogen and oxygen atoms in total. The topological polar surface area (TPSA) is 20.2 Å². The van der Waals surface area contributed by atoms with Gasteiger partial charge in [0.1, 0.15) is 0 Å². The van der Waals surface area contributed by atoms with Crippen LogP contribution in [0, 0.1) is 11.3 Å². The Morgan fingerprint density at radius 3 is 1.62 bits per heavy atom. The third-order valence-electron chi connectivity index (χ3n) is 3.51. The van der Waals surface area contributed by atoms with Crippen LogP contribution in [-0.4, -0.2) is 11.2 Å². The molecule has 0 aliphatic rings. The number of aliphatic hydroxyl groups is 1. The van der Waals surface area contributed by atoms with E-state index >= 15 is 0 Å². The third-order valence-corrected chi connectivity index (χ3v) is 3.51. The van der Waals surface area contributed by atoms with Gasteiger partial charge in [-0.15, -0.1) is 0 Å². The van der Waals surface area contributed by atoms with Gasteiger partial charge in [-0.3, -0.25) is 0 Å². The fraction of sp³-hybridized carbons (Fsp3) is 1.00. The SMILES string of the molecule is CCC(CC)(CC)C(O)CC(C)C. The standard InChI is InChI=1S/C12H26O/c1-6-12(7-2,8-3)11(13)9-10(4)5/h10-11,13H,6-9H2,1-5H3. The van der Waals surface area contributed by atoms with E-state index in [9.17, 15) is 5.11 Å². The van der Waals surface area contributed by atoms with Gasteiger partial charge in [0.2, 0.25) is 0 Å². The fourth-order valence-corrected chi connectivity index (χ4v) is 2.15. The smallest absolute Gasteiger partial charge is 0.0598 e. The van der Waals surface area contributed by atoms with E-state index in [1.54, 1.807) is 0 Å². The molecule has 0 bridgehead atoms. The van der Waals surface area contributed by atoms with Crippen LogP contribution < -0.4 is 0 Å². The van der Waals surface area contributed by atoms with Crippen LogP contribution in [0.25, 0.3) is 0 Å². The summed E-state index contributed by atoms with van der Waals surface area (Å²) in [5.41, 5.74) is 0.171. The predicted octanol–water partition coefficient (Wildman–Crippen LogP) is 3.61. The maximum absolute atomic E-state index is 10.1. The van der Waals surface area contributed by atoms with Crippen LogP contribution in [0.15, 0.2) is 0 Å². The van der Waals surface area contributed by atoms with Crippen molar-refractivity contribution in [1.82, 2.24) is 0 Å². The van der Waals surface area contributed by atoms with Gasteiger partial charge in [0.05, 0.1) is 6.10 Å². The molecule has 0 amide bonds. The summed E-state index contributed by atoms with van der Waals surface area (Å²) in [5, 5.41) is 10.1. The molecule has 0 spiro atoms. The highest BCUT2D eigenvalue weighted by Gasteiger charge is 2.32. The molecule has 1 atom stereocenters. The molecular formula is C12H26O. The van der Waals surface area contributed by atoms with E-state index in [1.165, 1.54) is 0 Å². The van der Waals surface area contributed by atoms with E-state index in [1.807, 2.05) is 0 Å². The number of aliphatic hydroxyl groups excluding tert-OH is 1. The van der Waals surface area contributed by atoms with E-state index in [4.69, 9.17) is 0 Å². The summed E-state index contributed by atoms with van der Waals surface area (Å²) in [7, 11) is 0. The second kappa shape index (κ2) is 5.64. The Labute approximate surface area is 83.5 Å². The predicted molar refractivity (Wildman–Crippen MR) is 58.8 cm³/mol. The molecule has 0 aliphatic carbocycles. The molecule has 0 aromatic rings. The summed E-state index contributed by atoms with van der Waals surface area (Å²) in [6.45, 7) is 10.9. The van der Waals surface area contributed by atoms with E-state index in [2.05, 4.69) is 34.6 Å². The summed E-state index contributed by atoms with van der Waals surface area (Å²) in [6, 6.07) is 0. The van der Waals surface area contributed by atoms with Gasteiger partial charge in [-0.1, -0.05) is 34.6 Å². The highest BCUT2D eigenvalue weighted by Crippen LogP contribution is 2.36. The third kappa shape index (κ3) is 3.30. The van der Waals surface area contributed by atoms with Gasteiger partial charge in [-0.2, -0.15) is 0 Å². The monoisotopic (exact) mass is 186 g/mol. The molecule has 1 N–H and O–H groups in total. The molecule has 0 aromatic carbocycles. The molecule has 0 aromatic heterocycles. The van der Waals surface area contributed by atoms with Crippen LogP contribution in [0.4, 0.5) is 0 Å². The van der Waals surface area contributed by atoms with Crippen molar-refractivity contribution < 1.29 is 5.11 Å². The molecule has 0 radical (unpaired) electrons. The van der Waals surface area contributed by atoms with Crippen LogP contribution in [0.5, 0.6) is 0 Å². The zero-order chi connectivity index (χ0) is 10.5. The van der Waals surface area contributed by atoms with Gasteiger partial charge >= 0.3 is 0 Å². The van der Waals surface area contributed by atoms with Crippen LogP contribution in [0.1, 0.15) is 60.3 Å². The number of hydrogen-bond acceptors (Lipinski definition) is 1. The van der Waals surface area contributed by atoms with E-state index in [-0.39, 0.29) is 11.5 Å². The Morgan fingerprint density at radius 1 is 1.00 bits per heavy atom. The van der Waals surface area contributed by atoms with Crippen molar-refractivity contribution in [3.05, 3.63) is 0 Å². The normalized spacial score (nSPS) is 15.0. The van der Waals surface area contributed by atoms with Crippen molar-refractivity contribution in [1.29, 1.82) is 0 Å². The van der Waals surface area contributed by atoms with Crippen LogP contribution in [0.2, 0.25) is 0 Å². The maximum Gasteiger partial charge on any atom is 0.0598 e. The molecule has 13 heavy (non-hydrogen) atoms. The average molecular weight is 186 g/mol. The molecule has 0 fully saturated rings. The Kier molecular flexibility index (Phi) is 5.62. The number of rotatable bonds is 6. The highest BCUT2D eigenvalue weighted by atomic mass is 16.3. The van der Waals surface area contributed by atoms with Crippen molar-refractivity contribution in [3.8, 4) is 0 Å². The summed E-state index contributed by atoms with van der Waals surface area (Å²) >= 11 is 0. The maximum atomic E-state index is 10.1.